The van der Waals surface area contributed by atoms with Crippen LogP contribution >= 0.6 is 0 Å². The molecule has 1 N–H and O–H groups in total. The zero-order valence-corrected chi connectivity index (χ0v) is 16.8. The molecule has 0 bridgehead atoms. The maximum Gasteiger partial charge on any atom is 0.417 e. The number of carbonyl (C=O) groups excluding carboxylic acids is 1. The van der Waals surface area contributed by atoms with Crippen LogP contribution in [0.4, 0.5) is 19.0 Å². The number of piperazine rings is 1. The standard InChI is InChI=1S/C22H23F3N4O/c1-14-20(17-5-3-4-6-18(17)27-14)21(30)15(2)28-9-11-29(12-10-28)19-8-7-16(13-26-19)22(23,24)25/h3-8,13,15,27H,9-12H2,1-2H3. The van der Waals surface area contributed by atoms with E-state index in [9.17, 15) is 18.0 Å². The maximum absolute atomic E-state index is 13.2. The van der Waals surface area contributed by atoms with Gasteiger partial charge in [0.25, 0.3) is 0 Å². The lowest BCUT2D eigenvalue weighted by Gasteiger charge is -2.38. The van der Waals surface area contributed by atoms with Gasteiger partial charge >= 0.3 is 6.18 Å². The molecule has 0 saturated carbocycles. The van der Waals surface area contributed by atoms with Crippen molar-refractivity contribution in [2.45, 2.75) is 26.1 Å². The summed E-state index contributed by atoms with van der Waals surface area (Å²) in [5.74, 6) is 0.597. The number of Topliss-reactive ketones (excluding diaryl/α,β-unsaturated/α-hetero) is 1. The summed E-state index contributed by atoms with van der Waals surface area (Å²) in [5.41, 5.74) is 1.78. The Bertz CT molecular complexity index is 1050. The number of alkyl halides is 3. The third-order valence-electron chi connectivity index (χ3n) is 5.78. The Morgan fingerprint density at radius 2 is 1.80 bits per heavy atom. The number of para-hydroxylation sites is 1. The van der Waals surface area contributed by atoms with Gasteiger partial charge in [0.1, 0.15) is 5.82 Å². The fraction of sp³-hybridized carbons (Fsp3) is 0.364. The van der Waals surface area contributed by atoms with Crippen molar-refractivity contribution in [3.05, 3.63) is 59.4 Å². The van der Waals surface area contributed by atoms with Crippen molar-refractivity contribution in [2.24, 2.45) is 0 Å². The van der Waals surface area contributed by atoms with Gasteiger partial charge in [0, 0.05) is 54.5 Å². The second-order valence-corrected chi connectivity index (χ2v) is 7.64. The van der Waals surface area contributed by atoms with E-state index in [0.29, 0.717) is 32.0 Å². The molecular formula is C22H23F3N4O. The minimum absolute atomic E-state index is 0.0751. The van der Waals surface area contributed by atoms with Gasteiger partial charge in [-0.2, -0.15) is 13.2 Å². The number of carbonyl (C=O) groups is 1. The van der Waals surface area contributed by atoms with Gasteiger partial charge in [-0.3, -0.25) is 9.69 Å². The first-order chi connectivity index (χ1) is 14.3. The first kappa shape index (κ1) is 20.4. The predicted octanol–water partition coefficient (Wildman–Crippen LogP) is 4.28. The Morgan fingerprint density at radius 3 is 2.43 bits per heavy atom. The molecule has 0 amide bonds. The number of fused-ring (bicyclic) bond motifs is 1. The van der Waals surface area contributed by atoms with E-state index in [-0.39, 0.29) is 11.8 Å². The van der Waals surface area contributed by atoms with Crippen molar-refractivity contribution in [2.75, 3.05) is 31.1 Å². The van der Waals surface area contributed by atoms with Crippen molar-refractivity contribution in [1.29, 1.82) is 0 Å². The molecule has 1 aliphatic heterocycles. The van der Waals surface area contributed by atoms with Crippen LogP contribution in [-0.4, -0.2) is 52.9 Å². The average molecular weight is 416 g/mol. The van der Waals surface area contributed by atoms with Crippen LogP contribution in [-0.2, 0) is 6.18 Å². The molecular weight excluding hydrogens is 393 g/mol. The first-order valence-electron chi connectivity index (χ1n) is 9.89. The molecule has 1 aliphatic rings. The van der Waals surface area contributed by atoms with Crippen LogP contribution in [0.2, 0.25) is 0 Å². The molecule has 30 heavy (non-hydrogen) atoms. The lowest BCUT2D eigenvalue weighted by molar-refractivity contribution is -0.137. The molecule has 0 radical (unpaired) electrons. The molecule has 1 fully saturated rings. The normalized spacial score (nSPS) is 16.8. The lowest BCUT2D eigenvalue weighted by atomic mass is 10.0. The molecule has 0 aliphatic carbocycles. The predicted molar refractivity (Wildman–Crippen MR) is 110 cm³/mol. The Kier molecular flexibility index (Phi) is 5.27. The van der Waals surface area contributed by atoms with Crippen LogP contribution in [0.3, 0.4) is 0 Å². The second kappa shape index (κ2) is 7.75. The number of aryl methyl sites for hydroxylation is 1. The van der Waals surface area contributed by atoms with E-state index in [2.05, 4.69) is 14.9 Å². The molecule has 1 unspecified atom stereocenters. The fourth-order valence-electron chi connectivity index (χ4n) is 4.05. The largest absolute Gasteiger partial charge is 0.417 e. The second-order valence-electron chi connectivity index (χ2n) is 7.64. The summed E-state index contributed by atoms with van der Waals surface area (Å²) in [6.45, 7) is 6.30. The Balaban J connectivity index is 1.43. The first-order valence-corrected chi connectivity index (χ1v) is 9.89. The number of benzene rings is 1. The minimum Gasteiger partial charge on any atom is -0.358 e. The van der Waals surface area contributed by atoms with E-state index in [0.717, 1.165) is 34.4 Å². The van der Waals surface area contributed by atoms with Crippen molar-refractivity contribution < 1.29 is 18.0 Å². The van der Waals surface area contributed by atoms with Crippen LogP contribution in [0.15, 0.2) is 42.6 Å². The summed E-state index contributed by atoms with van der Waals surface area (Å²) >= 11 is 0. The summed E-state index contributed by atoms with van der Waals surface area (Å²) < 4.78 is 38.2. The molecule has 0 spiro atoms. The summed E-state index contributed by atoms with van der Waals surface area (Å²) in [5, 5.41) is 0.930. The number of hydrogen-bond donors (Lipinski definition) is 1. The van der Waals surface area contributed by atoms with Crippen LogP contribution in [0.1, 0.15) is 28.5 Å². The zero-order chi connectivity index (χ0) is 21.5. The van der Waals surface area contributed by atoms with Gasteiger partial charge in [-0.05, 0) is 32.0 Å². The molecule has 1 saturated heterocycles. The number of nitrogens with zero attached hydrogens (tertiary/aromatic N) is 3. The van der Waals surface area contributed by atoms with Crippen molar-refractivity contribution >= 4 is 22.5 Å². The number of pyridine rings is 1. The number of anilines is 1. The fourth-order valence-corrected chi connectivity index (χ4v) is 4.05. The molecule has 5 nitrogen and oxygen atoms in total. The molecule has 3 heterocycles. The molecule has 3 aromatic rings. The van der Waals surface area contributed by atoms with E-state index in [1.807, 2.05) is 43.0 Å². The number of rotatable bonds is 4. The number of nitrogens with one attached hydrogen (secondary N) is 1. The van der Waals surface area contributed by atoms with Gasteiger partial charge in [0.15, 0.2) is 5.78 Å². The monoisotopic (exact) mass is 416 g/mol. The van der Waals surface area contributed by atoms with Crippen LogP contribution < -0.4 is 4.90 Å². The van der Waals surface area contributed by atoms with Crippen molar-refractivity contribution in [3.63, 3.8) is 0 Å². The highest BCUT2D eigenvalue weighted by Crippen LogP contribution is 2.30. The van der Waals surface area contributed by atoms with E-state index in [1.165, 1.54) is 6.07 Å². The lowest BCUT2D eigenvalue weighted by Crippen LogP contribution is -2.52. The number of halogens is 3. The van der Waals surface area contributed by atoms with E-state index in [4.69, 9.17) is 0 Å². The van der Waals surface area contributed by atoms with E-state index >= 15 is 0 Å². The summed E-state index contributed by atoms with van der Waals surface area (Å²) in [6, 6.07) is 9.94. The number of aromatic amines is 1. The number of H-pyrrole nitrogens is 1. The number of hydrogen-bond acceptors (Lipinski definition) is 4. The van der Waals surface area contributed by atoms with Crippen molar-refractivity contribution in [3.8, 4) is 0 Å². The summed E-state index contributed by atoms with van der Waals surface area (Å²) in [4.78, 5) is 24.5. The average Bonchev–Trinajstić information content (AvgIpc) is 3.08. The van der Waals surface area contributed by atoms with Gasteiger partial charge < -0.3 is 9.88 Å². The van der Waals surface area contributed by atoms with Crippen LogP contribution in [0.5, 0.6) is 0 Å². The highest BCUT2D eigenvalue weighted by molar-refractivity contribution is 6.11. The van der Waals surface area contributed by atoms with Crippen LogP contribution in [0.25, 0.3) is 10.9 Å². The zero-order valence-electron chi connectivity index (χ0n) is 16.8. The smallest absolute Gasteiger partial charge is 0.358 e. The highest BCUT2D eigenvalue weighted by atomic mass is 19.4. The third kappa shape index (κ3) is 3.79. The summed E-state index contributed by atoms with van der Waals surface area (Å²) in [7, 11) is 0. The number of ketones is 1. The van der Waals surface area contributed by atoms with Gasteiger partial charge in [-0.15, -0.1) is 0 Å². The molecule has 1 aromatic carbocycles. The Hall–Kier alpha value is -2.87. The molecule has 158 valence electrons. The van der Waals surface area contributed by atoms with E-state index < -0.39 is 11.7 Å². The highest BCUT2D eigenvalue weighted by Gasteiger charge is 2.32. The number of aromatic nitrogens is 2. The van der Waals surface area contributed by atoms with Crippen molar-refractivity contribution in [1.82, 2.24) is 14.9 Å². The van der Waals surface area contributed by atoms with Crippen LogP contribution in [0, 0.1) is 6.92 Å². The van der Waals surface area contributed by atoms with Gasteiger partial charge in [0.05, 0.1) is 11.6 Å². The molecule has 2 aromatic heterocycles. The Labute approximate surface area is 172 Å². The van der Waals surface area contributed by atoms with Gasteiger partial charge in [0.2, 0.25) is 0 Å². The quantitative estimate of drug-likeness (QED) is 0.645. The Morgan fingerprint density at radius 1 is 1.10 bits per heavy atom. The van der Waals surface area contributed by atoms with Gasteiger partial charge in [-0.1, -0.05) is 18.2 Å². The molecule has 8 heteroatoms. The minimum atomic E-state index is -4.39. The molecule has 4 rings (SSSR count). The summed E-state index contributed by atoms with van der Waals surface area (Å²) in [6.07, 6.45) is -3.52. The van der Waals surface area contributed by atoms with E-state index in [1.54, 1.807) is 0 Å². The van der Waals surface area contributed by atoms with Gasteiger partial charge in [-0.25, -0.2) is 4.98 Å². The maximum atomic E-state index is 13.2. The SMILES string of the molecule is Cc1[nH]c2ccccc2c1C(=O)C(C)N1CCN(c2ccc(C(F)(F)F)cn2)CC1. The topological polar surface area (TPSA) is 52.2 Å². The molecule has 1 atom stereocenters. The third-order valence-corrected chi connectivity index (χ3v) is 5.78.